The summed E-state index contributed by atoms with van der Waals surface area (Å²) < 4.78 is 0. The van der Waals surface area contributed by atoms with E-state index in [4.69, 9.17) is 0 Å². The van der Waals surface area contributed by atoms with Crippen molar-refractivity contribution in [3.05, 3.63) is 46.7 Å². The van der Waals surface area contributed by atoms with Gasteiger partial charge in [0.2, 0.25) is 23.6 Å². The average Bonchev–Trinajstić information content (AvgIpc) is 3.41. The summed E-state index contributed by atoms with van der Waals surface area (Å²) in [4.78, 5) is 62.7. The maximum Gasteiger partial charge on any atom is 0.228 e. The summed E-state index contributed by atoms with van der Waals surface area (Å²) in [5.41, 5.74) is 4.66. The zero-order chi connectivity index (χ0) is 32.3. The van der Waals surface area contributed by atoms with Gasteiger partial charge in [-0.05, 0) is 89.3 Å². The molecule has 1 aliphatic carbocycles. The second-order valence-corrected chi connectivity index (χ2v) is 13.4. The predicted octanol–water partition coefficient (Wildman–Crippen LogP) is 4.69. The van der Waals surface area contributed by atoms with Crippen LogP contribution in [0.5, 0.6) is 0 Å². The number of hydrogen-bond acceptors (Lipinski definition) is 4. The molecule has 2 aliphatic heterocycles. The summed E-state index contributed by atoms with van der Waals surface area (Å²) in [6, 6.07) is 6.30. The Labute approximate surface area is 267 Å². The first-order valence-corrected chi connectivity index (χ1v) is 17.0. The molecular weight excluding hydrogens is 566 g/mol. The summed E-state index contributed by atoms with van der Waals surface area (Å²) in [6.45, 7) is 8.27. The smallest absolute Gasteiger partial charge is 0.228 e. The van der Waals surface area contributed by atoms with Crippen LogP contribution < -0.4 is 5.32 Å². The van der Waals surface area contributed by atoms with Gasteiger partial charge in [0.05, 0.1) is 11.5 Å². The van der Waals surface area contributed by atoms with Crippen molar-refractivity contribution >= 4 is 34.5 Å². The molecule has 0 unspecified atom stereocenters. The summed E-state index contributed by atoms with van der Waals surface area (Å²) in [5, 5.41) is 4.16. The molecule has 2 N–H and O–H groups in total. The average molecular weight is 618 g/mol. The van der Waals surface area contributed by atoms with Gasteiger partial charge in [-0.2, -0.15) is 0 Å². The van der Waals surface area contributed by atoms with E-state index in [9.17, 15) is 19.2 Å². The molecular formula is C36H51N5O4. The van der Waals surface area contributed by atoms with Crippen LogP contribution in [0.2, 0.25) is 0 Å². The Balaban J connectivity index is 1.41. The minimum Gasteiger partial charge on any atom is -0.356 e. The topological polar surface area (TPSA) is 106 Å². The Kier molecular flexibility index (Phi) is 10.0. The summed E-state index contributed by atoms with van der Waals surface area (Å²) >= 11 is 0. The van der Waals surface area contributed by atoms with Crippen LogP contribution >= 0.6 is 0 Å². The van der Waals surface area contributed by atoms with Crippen molar-refractivity contribution in [1.82, 2.24) is 25.0 Å². The van der Waals surface area contributed by atoms with Gasteiger partial charge in [-0.25, -0.2) is 0 Å². The fraction of sp³-hybridized carbons (Fsp3) is 0.611. The number of fused-ring (bicyclic) bond motifs is 5. The number of aryl methyl sites for hydroxylation is 1. The molecule has 0 bridgehead atoms. The Hall–Kier alpha value is -3.62. The minimum atomic E-state index is -0.856. The highest BCUT2D eigenvalue weighted by atomic mass is 16.2. The number of nitrogens with zero attached hydrogens (tertiary/aromatic N) is 3. The SMILES string of the molecule is CCN(CC)C(=O)[C@H]1C[C@H](CC(=O)NCCC2=CCCCC2)C(=O)N2CCc3c([nH]c4cc(CCC(=O)N(C)C)ccc34)[C@]12C. The molecule has 0 radical (unpaired) electrons. The molecule has 0 saturated carbocycles. The number of carbonyl (C=O) groups excluding carboxylic acids is 4. The Bertz CT molecular complexity index is 1470. The van der Waals surface area contributed by atoms with Crippen molar-refractivity contribution in [2.24, 2.45) is 11.8 Å². The summed E-state index contributed by atoms with van der Waals surface area (Å²) in [5.74, 6) is -1.06. The molecule has 45 heavy (non-hydrogen) atoms. The lowest BCUT2D eigenvalue weighted by Gasteiger charge is -2.54. The van der Waals surface area contributed by atoms with Crippen LogP contribution in [0.4, 0.5) is 0 Å². The van der Waals surface area contributed by atoms with Crippen LogP contribution in [-0.2, 0) is 37.6 Å². The summed E-state index contributed by atoms with van der Waals surface area (Å²) in [7, 11) is 3.54. The zero-order valence-corrected chi connectivity index (χ0v) is 27.8. The lowest BCUT2D eigenvalue weighted by molar-refractivity contribution is -0.164. The number of aromatic nitrogens is 1. The fourth-order valence-electron chi connectivity index (χ4n) is 7.81. The number of H-pyrrole nitrogens is 1. The van der Waals surface area contributed by atoms with Gasteiger partial charge in [-0.15, -0.1) is 0 Å². The molecule has 4 amide bonds. The third-order valence-electron chi connectivity index (χ3n) is 10.5. The van der Waals surface area contributed by atoms with Crippen molar-refractivity contribution in [3.63, 3.8) is 0 Å². The minimum absolute atomic E-state index is 0.0315. The molecule has 244 valence electrons. The van der Waals surface area contributed by atoms with E-state index in [1.165, 1.54) is 18.4 Å². The predicted molar refractivity (Wildman–Crippen MR) is 176 cm³/mol. The Morgan fingerprint density at radius 3 is 2.56 bits per heavy atom. The molecule has 1 fully saturated rings. The van der Waals surface area contributed by atoms with Gasteiger partial charge in [0.15, 0.2) is 0 Å². The third-order valence-corrected chi connectivity index (χ3v) is 10.5. The van der Waals surface area contributed by atoms with Crippen LogP contribution in [0, 0.1) is 11.8 Å². The maximum absolute atomic E-state index is 14.2. The van der Waals surface area contributed by atoms with Crippen LogP contribution in [0.25, 0.3) is 10.9 Å². The number of carbonyl (C=O) groups is 4. The van der Waals surface area contributed by atoms with E-state index in [-0.39, 0.29) is 30.0 Å². The van der Waals surface area contributed by atoms with E-state index in [1.807, 2.05) is 30.6 Å². The van der Waals surface area contributed by atoms with E-state index < -0.39 is 17.4 Å². The first-order valence-electron chi connectivity index (χ1n) is 17.0. The third kappa shape index (κ3) is 6.54. The number of amides is 4. The maximum atomic E-state index is 14.2. The molecule has 1 aromatic carbocycles. The second kappa shape index (κ2) is 13.8. The van der Waals surface area contributed by atoms with Gasteiger partial charge >= 0.3 is 0 Å². The quantitative estimate of drug-likeness (QED) is 0.357. The van der Waals surface area contributed by atoms with E-state index in [0.29, 0.717) is 51.9 Å². The number of piperidine rings is 1. The van der Waals surface area contributed by atoms with Gasteiger partial charge in [0.1, 0.15) is 0 Å². The molecule has 1 aromatic heterocycles. The van der Waals surface area contributed by atoms with Crippen molar-refractivity contribution in [2.45, 2.75) is 90.5 Å². The normalized spacial score (nSPS) is 22.8. The monoisotopic (exact) mass is 617 g/mol. The van der Waals surface area contributed by atoms with Gasteiger partial charge in [0.25, 0.3) is 0 Å². The number of allylic oxidation sites excluding steroid dienone is 1. The Morgan fingerprint density at radius 2 is 1.87 bits per heavy atom. The van der Waals surface area contributed by atoms with Crippen LogP contribution in [0.1, 0.15) is 89.0 Å². The first kappa shape index (κ1) is 32.8. The molecule has 9 nitrogen and oxygen atoms in total. The van der Waals surface area contributed by atoms with Gasteiger partial charge in [-0.3, -0.25) is 19.2 Å². The number of benzene rings is 1. The fourth-order valence-corrected chi connectivity index (χ4v) is 7.81. The van der Waals surface area contributed by atoms with E-state index in [1.54, 1.807) is 19.0 Å². The lowest BCUT2D eigenvalue weighted by Crippen LogP contribution is -2.64. The molecule has 3 heterocycles. The van der Waals surface area contributed by atoms with Crippen molar-refractivity contribution in [1.29, 1.82) is 0 Å². The second-order valence-electron chi connectivity index (χ2n) is 13.4. The number of aromatic amines is 1. The van der Waals surface area contributed by atoms with Crippen LogP contribution in [0.3, 0.4) is 0 Å². The van der Waals surface area contributed by atoms with Crippen molar-refractivity contribution in [2.75, 3.05) is 40.3 Å². The molecule has 5 rings (SSSR count). The standard InChI is InChI=1S/C36H51N5O4/c1-6-40(7-2)35(45)29-22-26(23-31(42)37-19-17-24-11-9-8-10-12-24)34(44)41-20-18-28-27-15-13-25(14-16-32(43)39(4)5)21-30(27)38-33(28)36(29,41)3/h11,13,15,21,26,29,38H,6-10,12,14,16-20,22-23H2,1-5H3,(H,37,42)/t26-,29-,36+/m1/s1. The molecule has 0 spiro atoms. The van der Waals surface area contributed by atoms with Gasteiger partial charge in [0, 0.05) is 75.6 Å². The molecule has 3 atom stereocenters. The van der Waals surface area contributed by atoms with Crippen LogP contribution in [0.15, 0.2) is 29.8 Å². The van der Waals surface area contributed by atoms with Crippen LogP contribution in [-0.4, -0.2) is 83.6 Å². The molecule has 9 heteroatoms. The number of rotatable bonds is 11. The van der Waals surface area contributed by atoms with Gasteiger partial charge in [-0.1, -0.05) is 23.8 Å². The lowest BCUT2D eigenvalue weighted by atomic mass is 9.67. The van der Waals surface area contributed by atoms with Crippen molar-refractivity contribution < 1.29 is 19.2 Å². The van der Waals surface area contributed by atoms with E-state index in [0.717, 1.165) is 47.0 Å². The molecule has 3 aliphatic rings. The Morgan fingerprint density at radius 1 is 1.09 bits per heavy atom. The molecule has 2 aromatic rings. The highest BCUT2D eigenvalue weighted by Gasteiger charge is 2.57. The van der Waals surface area contributed by atoms with Crippen molar-refractivity contribution in [3.8, 4) is 0 Å². The number of nitrogens with one attached hydrogen (secondary N) is 2. The highest BCUT2D eigenvalue weighted by molar-refractivity contribution is 5.93. The van der Waals surface area contributed by atoms with E-state index in [2.05, 4.69) is 34.6 Å². The first-order chi connectivity index (χ1) is 21.6. The highest BCUT2D eigenvalue weighted by Crippen LogP contribution is 2.50. The van der Waals surface area contributed by atoms with E-state index >= 15 is 0 Å². The largest absolute Gasteiger partial charge is 0.356 e. The number of hydrogen-bond donors (Lipinski definition) is 2. The zero-order valence-electron chi connectivity index (χ0n) is 27.8. The molecule has 1 saturated heterocycles. The van der Waals surface area contributed by atoms with Gasteiger partial charge < -0.3 is 25.0 Å². The summed E-state index contributed by atoms with van der Waals surface area (Å²) in [6.07, 6.45) is 10.0.